The summed E-state index contributed by atoms with van der Waals surface area (Å²) in [4.78, 5) is 12.4. The molecule has 0 spiro atoms. The molecule has 1 N–H and O–H groups in total. The molecule has 0 bridgehead atoms. The smallest absolute Gasteiger partial charge is 0.254 e. The fraction of sp³-hybridized carbons (Fsp3) is 0.647. The van der Waals surface area contributed by atoms with Gasteiger partial charge in [0.1, 0.15) is 0 Å². The minimum Gasteiger partial charge on any atom is -0.352 e. The predicted octanol–water partition coefficient (Wildman–Crippen LogP) is 2.17. The van der Waals surface area contributed by atoms with Crippen LogP contribution < -0.4 is 5.32 Å². The van der Waals surface area contributed by atoms with Crippen molar-refractivity contribution in [1.82, 2.24) is 15.1 Å². The zero-order chi connectivity index (χ0) is 17.2. The molecule has 0 radical (unpaired) electrons. The van der Waals surface area contributed by atoms with Crippen LogP contribution in [0.2, 0.25) is 0 Å². The maximum Gasteiger partial charge on any atom is 0.254 e. The second-order valence-corrected chi connectivity index (χ2v) is 8.99. The van der Waals surface area contributed by atoms with E-state index in [1.165, 1.54) is 18.4 Å². The van der Waals surface area contributed by atoms with E-state index < -0.39 is 9.84 Å². The number of allylic oxidation sites excluding steroid dienone is 1. The van der Waals surface area contributed by atoms with Gasteiger partial charge in [0, 0.05) is 12.2 Å². The van der Waals surface area contributed by atoms with E-state index in [-0.39, 0.29) is 23.5 Å². The van der Waals surface area contributed by atoms with Gasteiger partial charge in [-0.1, -0.05) is 11.6 Å². The highest BCUT2D eigenvalue weighted by Crippen LogP contribution is 2.25. The van der Waals surface area contributed by atoms with Crippen LogP contribution in [0.25, 0.3) is 0 Å². The van der Waals surface area contributed by atoms with Crippen LogP contribution in [0.1, 0.15) is 60.6 Å². The molecule has 0 aromatic carbocycles. The molecule has 1 unspecified atom stereocenters. The minimum atomic E-state index is -2.97. The number of hydrogen-bond acceptors (Lipinski definition) is 4. The maximum absolute atomic E-state index is 12.4. The summed E-state index contributed by atoms with van der Waals surface area (Å²) in [5, 5.41) is 7.22. The van der Waals surface area contributed by atoms with Gasteiger partial charge in [-0.3, -0.25) is 9.48 Å². The molecule has 1 aliphatic carbocycles. The third-order valence-corrected chi connectivity index (χ3v) is 6.71. The second-order valence-electron chi connectivity index (χ2n) is 6.76. The summed E-state index contributed by atoms with van der Waals surface area (Å²) in [6.45, 7) is 2.46. The zero-order valence-corrected chi connectivity index (χ0v) is 14.9. The first kappa shape index (κ1) is 17.2. The van der Waals surface area contributed by atoms with Crippen LogP contribution in [0.3, 0.4) is 0 Å². The van der Waals surface area contributed by atoms with Crippen molar-refractivity contribution < 1.29 is 13.2 Å². The quantitative estimate of drug-likeness (QED) is 0.825. The van der Waals surface area contributed by atoms with Crippen molar-refractivity contribution in [1.29, 1.82) is 0 Å². The largest absolute Gasteiger partial charge is 0.352 e. The summed E-state index contributed by atoms with van der Waals surface area (Å²) in [6.07, 6.45) is 10.1. The van der Waals surface area contributed by atoms with Crippen molar-refractivity contribution >= 4 is 15.7 Å². The van der Waals surface area contributed by atoms with Crippen LogP contribution in [0.4, 0.5) is 0 Å². The van der Waals surface area contributed by atoms with Gasteiger partial charge in [0.25, 0.3) is 5.91 Å². The highest BCUT2D eigenvalue weighted by atomic mass is 32.2. The number of sulfone groups is 1. The Balaban J connectivity index is 1.58. The van der Waals surface area contributed by atoms with E-state index in [9.17, 15) is 13.2 Å². The molecule has 1 saturated heterocycles. The number of aromatic nitrogens is 2. The standard InChI is InChI=1S/C17H25N3O3S/c1-13-16(11-19-20(13)15-8-10-24(22,23)12-15)17(21)18-9-7-14-5-3-2-4-6-14/h5,11,15H,2-4,6-10,12H2,1H3,(H,18,21). The fourth-order valence-corrected chi connectivity index (χ4v) is 5.24. The van der Waals surface area contributed by atoms with Crippen molar-refractivity contribution in [3.05, 3.63) is 29.1 Å². The van der Waals surface area contributed by atoms with Crippen LogP contribution in [-0.4, -0.2) is 42.2 Å². The molecule has 0 saturated carbocycles. The van der Waals surface area contributed by atoms with E-state index in [0.29, 0.717) is 18.5 Å². The average molecular weight is 351 g/mol. The number of nitrogens with one attached hydrogen (secondary N) is 1. The van der Waals surface area contributed by atoms with Gasteiger partial charge in [-0.05, 0) is 45.4 Å². The Labute approximate surface area is 143 Å². The van der Waals surface area contributed by atoms with Gasteiger partial charge in [-0.15, -0.1) is 0 Å². The van der Waals surface area contributed by atoms with Gasteiger partial charge in [0.2, 0.25) is 0 Å². The van der Waals surface area contributed by atoms with Crippen LogP contribution in [0.15, 0.2) is 17.8 Å². The topological polar surface area (TPSA) is 81.1 Å². The number of rotatable bonds is 5. The average Bonchev–Trinajstić information content (AvgIpc) is 3.10. The molecule has 1 aromatic heterocycles. The Morgan fingerprint density at radius 2 is 2.25 bits per heavy atom. The summed E-state index contributed by atoms with van der Waals surface area (Å²) >= 11 is 0. The van der Waals surface area contributed by atoms with Crippen LogP contribution in [0.5, 0.6) is 0 Å². The first-order valence-corrected chi connectivity index (χ1v) is 10.5. The molecular formula is C17H25N3O3S. The van der Waals surface area contributed by atoms with E-state index in [1.54, 1.807) is 10.9 Å². The Morgan fingerprint density at radius 3 is 2.92 bits per heavy atom. The van der Waals surface area contributed by atoms with Crippen molar-refractivity contribution in [3.63, 3.8) is 0 Å². The van der Waals surface area contributed by atoms with Crippen LogP contribution in [-0.2, 0) is 9.84 Å². The van der Waals surface area contributed by atoms with E-state index in [0.717, 1.165) is 25.0 Å². The highest BCUT2D eigenvalue weighted by Gasteiger charge is 2.31. The minimum absolute atomic E-state index is 0.116. The molecule has 1 amide bonds. The van der Waals surface area contributed by atoms with Gasteiger partial charge >= 0.3 is 0 Å². The molecule has 1 fully saturated rings. The summed E-state index contributed by atoms with van der Waals surface area (Å²) in [5.41, 5.74) is 2.72. The SMILES string of the molecule is Cc1c(C(=O)NCCC2=CCCCC2)cnn1C1CCS(=O)(=O)C1. The second kappa shape index (κ2) is 7.09. The Morgan fingerprint density at radius 1 is 1.42 bits per heavy atom. The molecule has 3 rings (SSSR count). The monoisotopic (exact) mass is 351 g/mol. The van der Waals surface area contributed by atoms with E-state index in [1.807, 2.05) is 6.92 Å². The number of nitrogens with zero attached hydrogens (tertiary/aromatic N) is 2. The first-order valence-electron chi connectivity index (χ1n) is 8.67. The number of carbonyl (C=O) groups is 1. The maximum atomic E-state index is 12.4. The van der Waals surface area contributed by atoms with Crippen molar-refractivity contribution in [2.24, 2.45) is 0 Å². The third kappa shape index (κ3) is 3.88. The summed E-state index contributed by atoms with van der Waals surface area (Å²) in [7, 11) is -2.97. The molecule has 7 heteroatoms. The number of hydrogen-bond donors (Lipinski definition) is 1. The van der Waals surface area contributed by atoms with Gasteiger partial charge in [-0.2, -0.15) is 5.10 Å². The lowest BCUT2D eigenvalue weighted by atomic mass is 9.97. The van der Waals surface area contributed by atoms with Gasteiger partial charge in [0.05, 0.1) is 29.3 Å². The fourth-order valence-electron chi connectivity index (χ4n) is 3.55. The van der Waals surface area contributed by atoms with Gasteiger partial charge in [0.15, 0.2) is 9.84 Å². The Kier molecular flexibility index (Phi) is 5.08. The lowest BCUT2D eigenvalue weighted by Gasteiger charge is -2.13. The molecule has 6 nitrogen and oxygen atoms in total. The molecule has 1 aliphatic heterocycles. The predicted molar refractivity (Wildman–Crippen MR) is 92.8 cm³/mol. The van der Waals surface area contributed by atoms with Gasteiger partial charge in [-0.25, -0.2) is 8.42 Å². The number of amides is 1. The molecule has 2 heterocycles. The molecule has 1 atom stereocenters. The van der Waals surface area contributed by atoms with Gasteiger partial charge < -0.3 is 5.32 Å². The molecule has 24 heavy (non-hydrogen) atoms. The molecule has 132 valence electrons. The summed E-state index contributed by atoms with van der Waals surface area (Å²) < 4.78 is 25.0. The Bertz CT molecular complexity index is 749. The van der Waals surface area contributed by atoms with Crippen LogP contribution >= 0.6 is 0 Å². The first-order chi connectivity index (χ1) is 11.5. The van der Waals surface area contributed by atoms with Crippen molar-refractivity contribution in [2.75, 3.05) is 18.1 Å². The Hall–Kier alpha value is -1.63. The van der Waals surface area contributed by atoms with E-state index >= 15 is 0 Å². The molecular weight excluding hydrogens is 326 g/mol. The summed E-state index contributed by atoms with van der Waals surface area (Å²) in [5.74, 6) is 0.189. The van der Waals surface area contributed by atoms with Crippen molar-refractivity contribution in [2.45, 2.75) is 51.5 Å². The number of carbonyl (C=O) groups excluding carboxylic acids is 1. The lowest BCUT2D eigenvalue weighted by Crippen LogP contribution is -2.25. The molecule has 1 aromatic rings. The molecule has 2 aliphatic rings. The zero-order valence-electron chi connectivity index (χ0n) is 14.1. The van der Waals surface area contributed by atoms with E-state index in [2.05, 4.69) is 16.5 Å². The van der Waals surface area contributed by atoms with E-state index in [4.69, 9.17) is 0 Å². The lowest BCUT2D eigenvalue weighted by molar-refractivity contribution is 0.0953. The highest BCUT2D eigenvalue weighted by molar-refractivity contribution is 7.91. The van der Waals surface area contributed by atoms with Crippen LogP contribution in [0, 0.1) is 6.92 Å². The third-order valence-electron chi connectivity index (χ3n) is 4.96. The van der Waals surface area contributed by atoms with Crippen molar-refractivity contribution in [3.8, 4) is 0 Å². The normalized spacial score (nSPS) is 23.0. The summed E-state index contributed by atoms with van der Waals surface area (Å²) in [6, 6.07) is -0.149.